The van der Waals surface area contributed by atoms with E-state index in [1.54, 1.807) is 0 Å². The van der Waals surface area contributed by atoms with Crippen LogP contribution < -0.4 is 5.56 Å². The molecule has 3 rings (SSSR count). The molecule has 23 heavy (non-hydrogen) atoms. The van der Waals surface area contributed by atoms with Crippen LogP contribution in [0, 0.1) is 13.8 Å². The number of aryl methyl sites for hydroxylation is 3. The first kappa shape index (κ1) is 15.8. The van der Waals surface area contributed by atoms with Gasteiger partial charge in [0.15, 0.2) is 0 Å². The van der Waals surface area contributed by atoms with Gasteiger partial charge in [-0.2, -0.15) is 0 Å². The first-order chi connectivity index (χ1) is 11.1. The Balaban J connectivity index is 1.74. The summed E-state index contributed by atoms with van der Waals surface area (Å²) >= 11 is 0. The number of fused-ring (bicyclic) bond motifs is 1. The molecule has 124 valence electrons. The Morgan fingerprint density at radius 1 is 1.22 bits per heavy atom. The predicted molar refractivity (Wildman–Crippen MR) is 87.4 cm³/mol. The molecule has 1 fully saturated rings. The summed E-state index contributed by atoms with van der Waals surface area (Å²) in [7, 11) is 0. The zero-order chi connectivity index (χ0) is 16.4. The lowest BCUT2D eigenvalue weighted by Gasteiger charge is -2.20. The lowest BCUT2D eigenvalue weighted by molar-refractivity contribution is -0.131. The highest BCUT2D eigenvalue weighted by molar-refractivity contribution is 5.78. The van der Waals surface area contributed by atoms with E-state index in [1.165, 1.54) is 23.7 Å². The van der Waals surface area contributed by atoms with Crippen molar-refractivity contribution in [2.24, 2.45) is 0 Å². The first-order valence-electron chi connectivity index (χ1n) is 8.31. The van der Waals surface area contributed by atoms with E-state index in [1.807, 2.05) is 18.7 Å². The summed E-state index contributed by atoms with van der Waals surface area (Å²) in [4.78, 5) is 31.0. The van der Waals surface area contributed by atoms with Crippen molar-refractivity contribution in [3.8, 4) is 0 Å². The fourth-order valence-corrected chi connectivity index (χ4v) is 3.12. The van der Waals surface area contributed by atoms with Crippen LogP contribution in [0.15, 0.2) is 15.5 Å². The van der Waals surface area contributed by atoms with Crippen molar-refractivity contribution < 1.29 is 9.21 Å². The molecule has 0 spiro atoms. The standard InChI is InChI=1S/C17H23N3O3/c1-12-13(2)23-16-15(12)17(22)20(11-18-16)10-7-14(21)19-8-5-3-4-6-9-19/h11H,3-10H2,1-2H3. The molecule has 0 aliphatic carbocycles. The average molecular weight is 317 g/mol. The van der Waals surface area contributed by atoms with Gasteiger partial charge in [0.25, 0.3) is 5.56 Å². The maximum Gasteiger partial charge on any atom is 0.264 e. The van der Waals surface area contributed by atoms with Gasteiger partial charge in [-0.1, -0.05) is 12.8 Å². The van der Waals surface area contributed by atoms with Gasteiger partial charge in [-0.3, -0.25) is 14.2 Å². The number of carbonyl (C=O) groups excluding carboxylic acids is 1. The van der Waals surface area contributed by atoms with Gasteiger partial charge >= 0.3 is 0 Å². The maximum atomic E-state index is 12.5. The van der Waals surface area contributed by atoms with E-state index in [9.17, 15) is 9.59 Å². The molecule has 6 nitrogen and oxygen atoms in total. The second-order valence-electron chi connectivity index (χ2n) is 6.25. The lowest BCUT2D eigenvalue weighted by Crippen LogP contribution is -2.33. The molecule has 3 heterocycles. The summed E-state index contributed by atoms with van der Waals surface area (Å²) < 4.78 is 6.98. The van der Waals surface area contributed by atoms with Crippen molar-refractivity contribution >= 4 is 17.0 Å². The molecule has 1 aliphatic rings. The van der Waals surface area contributed by atoms with Crippen LogP contribution in [0.5, 0.6) is 0 Å². The highest BCUT2D eigenvalue weighted by Crippen LogP contribution is 2.19. The normalized spacial score (nSPS) is 15.8. The molecular weight excluding hydrogens is 294 g/mol. The topological polar surface area (TPSA) is 68.3 Å². The van der Waals surface area contributed by atoms with Crippen LogP contribution in [0.2, 0.25) is 0 Å². The average Bonchev–Trinajstić information content (AvgIpc) is 2.74. The fourth-order valence-electron chi connectivity index (χ4n) is 3.12. The van der Waals surface area contributed by atoms with Crippen molar-refractivity contribution in [1.29, 1.82) is 0 Å². The number of furan rings is 1. The first-order valence-corrected chi connectivity index (χ1v) is 8.31. The molecule has 2 aromatic heterocycles. The molecule has 0 radical (unpaired) electrons. The molecule has 0 bridgehead atoms. The largest absolute Gasteiger partial charge is 0.443 e. The zero-order valence-electron chi connectivity index (χ0n) is 13.8. The van der Waals surface area contributed by atoms with E-state index in [-0.39, 0.29) is 11.5 Å². The number of likely N-dealkylation sites (tertiary alicyclic amines) is 1. The quantitative estimate of drug-likeness (QED) is 0.871. The minimum atomic E-state index is -0.131. The molecule has 1 saturated heterocycles. The molecule has 0 N–H and O–H groups in total. The Morgan fingerprint density at radius 2 is 1.91 bits per heavy atom. The van der Waals surface area contributed by atoms with Crippen LogP contribution in [0.4, 0.5) is 0 Å². The molecule has 6 heteroatoms. The second kappa shape index (κ2) is 6.56. The third-order valence-corrected chi connectivity index (χ3v) is 4.68. The van der Waals surface area contributed by atoms with Gasteiger partial charge in [-0.25, -0.2) is 4.98 Å². The van der Waals surface area contributed by atoms with Crippen LogP contribution in [-0.4, -0.2) is 33.4 Å². The van der Waals surface area contributed by atoms with E-state index >= 15 is 0 Å². The smallest absolute Gasteiger partial charge is 0.264 e. The summed E-state index contributed by atoms with van der Waals surface area (Å²) in [5.41, 5.74) is 1.07. The van der Waals surface area contributed by atoms with Crippen molar-refractivity contribution in [2.75, 3.05) is 13.1 Å². The Labute approximate surface area is 135 Å². The van der Waals surface area contributed by atoms with E-state index in [0.29, 0.717) is 29.8 Å². The summed E-state index contributed by atoms with van der Waals surface area (Å²) in [5, 5.41) is 0.521. The van der Waals surface area contributed by atoms with Gasteiger partial charge in [0, 0.05) is 31.6 Å². The number of rotatable bonds is 3. The van der Waals surface area contributed by atoms with Gasteiger partial charge in [0.2, 0.25) is 11.6 Å². The van der Waals surface area contributed by atoms with Gasteiger partial charge < -0.3 is 9.32 Å². The summed E-state index contributed by atoms with van der Waals surface area (Å²) in [6.07, 6.45) is 6.36. The maximum absolute atomic E-state index is 12.5. The fraction of sp³-hybridized carbons (Fsp3) is 0.588. The zero-order valence-corrected chi connectivity index (χ0v) is 13.8. The third kappa shape index (κ3) is 3.16. The minimum absolute atomic E-state index is 0.124. The summed E-state index contributed by atoms with van der Waals surface area (Å²) in [5.74, 6) is 0.835. The number of hydrogen-bond donors (Lipinski definition) is 0. The molecule has 0 unspecified atom stereocenters. The van der Waals surface area contributed by atoms with E-state index < -0.39 is 0 Å². The Bertz CT molecular complexity index is 767. The van der Waals surface area contributed by atoms with Crippen molar-refractivity contribution in [3.05, 3.63) is 28.0 Å². The molecule has 0 saturated carbocycles. The van der Waals surface area contributed by atoms with Gasteiger partial charge in [-0.15, -0.1) is 0 Å². The second-order valence-corrected chi connectivity index (χ2v) is 6.25. The molecule has 1 amide bonds. The Kier molecular flexibility index (Phi) is 4.50. The van der Waals surface area contributed by atoms with Crippen LogP contribution >= 0.6 is 0 Å². The monoisotopic (exact) mass is 317 g/mol. The van der Waals surface area contributed by atoms with Gasteiger partial charge in [-0.05, 0) is 26.7 Å². The number of amides is 1. The Morgan fingerprint density at radius 3 is 2.61 bits per heavy atom. The number of nitrogens with zero attached hydrogens (tertiary/aromatic N) is 3. The molecule has 0 atom stereocenters. The third-order valence-electron chi connectivity index (χ3n) is 4.68. The van der Waals surface area contributed by atoms with E-state index in [0.717, 1.165) is 31.5 Å². The van der Waals surface area contributed by atoms with Crippen LogP contribution in [-0.2, 0) is 11.3 Å². The van der Waals surface area contributed by atoms with Gasteiger partial charge in [0.1, 0.15) is 17.5 Å². The molecule has 1 aliphatic heterocycles. The van der Waals surface area contributed by atoms with E-state index in [4.69, 9.17) is 4.42 Å². The Hall–Kier alpha value is -2.11. The predicted octanol–water partition coefficient (Wildman–Crippen LogP) is 2.40. The summed E-state index contributed by atoms with van der Waals surface area (Å²) in [6, 6.07) is 0. The van der Waals surface area contributed by atoms with Crippen LogP contribution in [0.3, 0.4) is 0 Å². The van der Waals surface area contributed by atoms with Crippen molar-refractivity contribution in [3.63, 3.8) is 0 Å². The van der Waals surface area contributed by atoms with E-state index in [2.05, 4.69) is 4.98 Å². The highest BCUT2D eigenvalue weighted by atomic mass is 16.3. The van der Waals surface area contributed by atoms with Crippen molar-refractivity contribution in [1.82, 2.24) is 14.5 Å². The minimum Gasteiger partial charge on any atom is -0.443 e. The highest BCUT2D eigenvalue weighted by Gasteiger charge is 2.17. The van der Waals surface area contributed by atoms with Crippen molar-refractivity contribution in [2.45, 2.75) is 52.5 Å². The number of hydrogen-bond acceptors (Lipinski definition) is 4. The SMILES string of the molecule is Cc1oc2ncn(CCC(=O)N3CCCCCC3)c(=O)c2c1C. The molecule has 2 aromatic rings. The molecular formula is C17H23N3O3. The van der Waals surface area contributed by atoms with Crippen LogP contribution in [0.25, 0.3) is 11.1 Å². The molecule has 0 aromatic carbocycles. The van der Waals surface area contributed by atoms with Crippen LogP contribution in [0.1, 0.15) is 43.4 Å². The summed E-state index contributed by atoms with van der Waals surface area (Å²) in [6.45, 7) is 5.72. The number of carbonyl (C=O) groups is 1. The van der Waals surface area contributed by atoms with Gasteiger partial charge in [0.05, 0.1) is 0 Å². The lowest BCUT2D eigenvalue weighted by atomic mass is 10.2. The number of aromatic nitrogens is 2.